The third-order valence-electron chi connectivity index (χ3n) is 2.70. The summed E-state index contributed by atoms with van der Waals surface area (Å²) in [5.74, 6) is 0.452. The van der Waals surface area contributed by atoms with Gasteiger partial charge in [-0.1, -0.05) is 11.6 Å². The molecule has 1 saturated heterocycles. The maximum absolute atomic E-state index is 11.8. The molecule has 0 aromatic heterocycles. The quantitative estimate of drug-likeness (QED) is 0.636. The van der Waals surface area contributed by atoms with Crippen LogP contribution in [0.2, 0.25) is 5.02 Å². The van der Waals surface area contributed by atoms with E-state index in [1.54, 1.807) is 24.3 Å². The molecule has 0 spiro atoms. The fourth-order valence-electron chi connectivity index (χ4n) is 1.76. The largest absolute Gasteiger partial charge is 0.426 e. The zero-order valence-corrected chi connectivity index (χ0v) is 9.67. The van der Waals surface area contributed by atoms with Crippen molar-refractivity contribution in [1.29, 1.82) is 0 Å². The first-order valence-electron chi connectivity index (χ1n) is 5.44. The summed E-state index contributed by atoms with van der Waals surface area (Å²) in [6.45, 7) is 1.78. The topological polar surface area (TPSA) is 38.3 Å². The van der Waals surface area contributed by atoms with Gasteiger partial charge in [-0.2, -0.15) is 0 Å². The van der Waals surface area contributed by atoms with Crippen molar-refractivity contribution in [3.05, 3.63) is 29.3 Å². The molecule has 0 saturated carbocycles. The van der Waals surface area contributed by atoms with Crippen molar-refractivity contribution in [3.8, 4) is 5.75 Å². The fourth-order valence-corrected chi connectivity index (χ4v) is 1.89. The zero-order chi connectivity index (χ0) is 11.4. The Kier molecular flexibility index (Phi) is 3.80. The van der Waals surface area contributed by atoms with Gasteiger partial charge in [-0.25, -0.2) is 0 Å². The molecular formula is C12H14ClNO2. The molecule has 1 aromatic carbocycles. The molecule has 4 heteroatoms. The first kappa shape index (κ1) is 11.4. The molecule has 0 atom stereocenters. The van der Waals surface area contributed by atoms with E-state index in [1.165, 1.54) is 0 Å². The van der Waals surface area contributed by atoms with Crippen molar-refractivity contribution in [2.24, 2.45) is 5.92 Å². The van der Waals surface area contributed by atoms with Gasteiger partial charge < -0.3 is 10.1 Å². The highest BCUT2D eigenvalue weighted by molar-refractivity contribution is 6.30. The summed E-state index contributed by atoms with van der Waals surface area (Å²) in [5.41, 5.74) is 0. The number of ether oxygens (including phenoxy) is 1. The third-order valence-corrected chi connectivity index (χ3v) is 2.96. The van der Waals surface area contributed by atoms with Crippen LogP contribution in [-0.2, 0) is 4.79 Å². The van der Waals surface area contributed by atoms with Gasteiger partial charge in [0.2, 0.25) is 0 Å². The first-order chi connectivity index (χ1) is 7.75. The zero-order valence-electron chi connectivity index (χ0n) is 8.91. The van der Waals surface area contributed by atoms with E-state index in [-0.39, 0.29) is 11.9 Å². The number of piperidine rings is 1. The minimum absolute atomic E-state index is 0.0249. The number of carbonyl (C=O) groups excluding carboxylic acids is 1. The maximum atomic E-state index is 11.8. The van der Waals surface area contributed by atoms with Crippen LogP contribution in [0.1, 0.15) is 12.8 Å². The lowest BCUT2D eigenvalue weighted by Crippen LogP contribution is -2.33. The fraction of sp³-hybridized carbons (Fsp3) is 0.417. The van der Waals surface area contributed by atoms with Gasteiger partial charge in [-0.3, -0.25) is 4.79 Å². The van der Waals surface area contributed by atoms with Gasteiger partial charge in [0.15, 0.2) is 0 Å². The van der Waals surface area contributed by atoms with Crippen molar-refractivity contribution in [1.82, 2.24) is 5.32 Å². The molecule has 0 radical (unpaired) electrons. The lowest BCUT2D eigenvalue weighted by molar-refractivity contribution is -0.139. The lowest BCUT2D eigenvalue weighted by atomic mass is 9.98. The number of carbonyl (C=O) groups is 1. The highest BCUT2D eigenvalue weighted by Gasteiger charge is 2.22. The molecule has 2 rings (SSSR count). The van der Waals surface area contributed by atoms with Crippen LogP contribution < -0.4 is 10.1 Å². The van der Waals surface area contributed by atoms with Gasteiger partial charge in [0.1, 0.15) is 5.75 Å². The molecule has 1 N–H and O–H groups in total. The summed E-state index contributed by atoms with van der Waals surface area (Å²) in [5, 5.41) is 3.86. The second kappa shape index (κ2) is 5.32. The van der Waals surface area contributed by atoms with Crippen LogP contribution in [0.4, 0.5) is 0 Å². The Hall–Kier alpha value is -1.06. The van der Waals surface area contributed by atoms with Crippen LogP contribution in [0.25, 0.3) is 0 Å². The average Bonchev–Trinajstić information content (AvgIpc) is 2.33. The predicted molar refractivity (Wildman–Crippen MR) is 62.7 cm³/mol. The molecule has 86 valence electrons. The Labute approximate surface area is 99.7 Å². The van der Waals surface area contributed by atoms with E-state index >= 15 is 0 Å². The van der Waals surface area contributed by atoms with Gasteiger partial charge in [0, 0.05) is 5.02 Å². The number of benzene rings is 1. The average molecular weight is 240 g/mol. The summed E-state index contributed by atoms with van der Waals surface area (Å²) in [7, 11) is 0. The monoisotopic (exact) mass is 239 g/mol. The van der Waals surface area contributed by atoms with Gasteiger partial charge in [0.05, 0.1) is 5.92 Å². The van der Waals surface area contributed by atoms with E-state index in [2.05, 4.69) is 5.32 Å². The normalized spacial score (nSPS) is 17.1. The highest BCUT2D eigenvalue weighted by atomic mass is 35.5. The van der Waals surface area contributed by atoms with Crippen molar-refractivity contribution in [2.75, 3.05) is 13.1 Å². The molecule has 1 aromatic rings. The Bertz CT molecular complexity index is 358. The summed E-state index contributed by atoms with van der Waals surface area (Å²) in [4.78, 5) is 11.8. The van der Waals surface area contributed by atoms with Crippen LogP contribution in [0.15, 0.2) is 24.3 Å². The molecule has 1 fully saturated rings. The number of hydrogen-bond donors (Lipinski definition) is 1. The smallest absolute Gasteiger partial charge is 0.314 e. The SMILES string of the molecule is O=C(Oc1ccc(Cl)cc1)C1CCNCC1. The van der Waals surface area contributed by atoms with E-state index in [1.807, 2.05) is 0 Å². The minimum Gasteiger partial charge on any atom is -0.426 e. The number of rotatable bonds is 2. The van der Waals surface area contributed by atoms with Crippen LogP contribution in [0.3, 0.4) is 0 Å². The molecule has 0 aliphatic carbocycles. The van der Waals surface area contributed by atoms with Crippen molar-refractivity contribution >= 4 is 17.6 Å². The van der Waals surface area contributed by atoms with Crippen molar-refractivity contribution < 1.29 is 9.53 Å². The van der Waals surface area contributed by atoms with E-state index in [0.29, 0.717) is 10.8 Å². The minimum atomic E-state index is -0.135. The number of nitrogens with one attached hydrogen (secondary N) is 1. The number of halogens is 1. The first-order valence-corrected chi connectivity index (χ1v) is 5.81. The van der Waals surface area contributed by atoms with E-state index < -0.39 is 0 Å². The van der Waals surface area contributed by atoms with Crippen LogP contribution in [0.5, 0.6) is 5.75 Å². The van der Waals surface area contributed by atoms with Crippen LogP contribution in [-0.4, -0.2) is 19.1 Å². The number of hydrogen-bond acceptors (Lipinski definition) is 3. The Balaban J connectivity index is 1.93. The molecule has 3 nitrogen and oxygen atoms in total. The van der Waals surface area contributed by atoms with Gasteiger partial charge in [-0.05, 0) is 50.2 Å². The summed E-state index contributed by atoms with van der Waals surface area (Å²) in [6.07, 6.45) is 1.71. The van der Waals surface area contributed by atoms with Gasteiger partial charge in [0.25, 0.3) is 0 Å². The maximum Gasteiger partial charge on any atom is 0.314 e. The molecule has 1 heterocycles. The Morgan fingerprint density at radius 2 is 1.88 bits per heavy atom. The molecule has 1 aliphatic rings. The second-order valence-electron chi connectivity index (χ2n) is 3.90. The van der Waals surface area contributed by atoms with Crippen molar-refractivity contribution in [2.45, 2.75) is 12.8 Å². The predicted octanol–water partition coefficient (Wildman–Crippen LogP) is 2.25. The highest BCUT2D eigenvalue weighted by Crippen LogP contribution is 2.19. The Morgan fingerprint density at radius 3 is 2.50 bits per heavy atom. The van der Waals surface area contributed by atoms with E-state index in [9.17, 15) is 4.79 Å². The summed E-state index contributed by atoms with van der Waals surface area (Å²) < 4.78 is 5.28. The third kappa shape index (κ3) is 2.97. The molecule has 1 aliphatic heterocycles. The summed E-state index contributed by atoms with van der Waals surface area (Å²) in [6, 6.07) is 6.85. The van der Waals surface area contributed by atoms with E-state index in [4.69, 9.17) is 16.3 Å². The standard InChI is InChI=1S/C12H14ClNO2/c13-10-1-3-11(4-2-10)16-12(15)9-5-7-14-8-6-9/h1-4,9,14H,5-8H2. The summed E-state index contributed by atoms with van der Waals surface area (Å²) >= 11 is 5.75. The molecule has 0 unspecified atom stereocenters. The van der Waals surface area contributed by atoms with Crippen molar-refractivity contribution in [3.63, 3.8) is 0 Å². The van der Waals surface area contributed by atoms with Gasteiger partial charge >= 0.3 is 5.97 Å². The van der Waals surface area contributed by atoms with Crippen LogP contribution in [0, 0.1) is 5.92 Å². The Morgan fingerprint density at radius 1 is 1.25 bits per heavy atom. The second-order valence-corrected chi connectivity index (χ2v) is 4.34. The molecule has 16 heavy (non-hydrogen) atoms. The molecular weight excluding hydrogens is 226 g/mol. The van der Waals surface area contributed by atoms with E-state index in [0.717, 1.165) is 25.9 Å². The van der Waals surface area contributed by atoms with Crippen LogP contribution >= 0.6 is 11.6 Å². The lowest BCUT2D eigenvalue weighted by Gasteiger charge is -2.20. The molecule has 0 bridgehead atoms. The number of esters is 1. The van der Waals surface area contributed by atoms with Gasteiger partial charge in [-0.15, -0.1) is 0 Å². The molecule has 0 amide bonds.